The lowest BCUT2D eigenvalue weighted by molar-refractivity contribution is -0.115. The predicted molar refractivity (Wildman–Crippen MR) is 82.4 cm³/mol. The van der Waals surface area contributed by atoms with Gasteiger partial charge in [0.25, 0.3) is 0 Å². The van der Waals surface area contributed by atoms with E-state index in [-0.39, 0.29) is 5.78 Å². The van der Waals surface area contributed by atoms with Crippen molar-refractivity contribution in [2.24, 2.45) is 0 Å². The van der Waals surface area contributed by atoms with Crippen molar-refractivity contribution in [1.29, 1.82) is 0 Å². The quantitative estimate of drug-likeness (QED) is 0.819. The number of benzene rings is 2. The Morgan fingerprint density at radius 3 is 2.15 bits per heavy atom. The summed E-state index contributed by atoms with van der Waals surface area (Å²) in [6.45, 7) is 2.67. The summed E-state index contributed by atoms with van der Waals surface area (Å²) in [4.78, 5) is 14.3. The maximum absolute atomic E-state index is 12.1. The zero-order valence-electron chi connectivity index (χ0n) is 11.5. The minimum Gasteiger partial charge on any atom is -0.340 e. The van der Waals surface area contributed by atoms with E-state index in [0.717, 1.165) is 29.1 Å². The molecule has 0 saturated carbocycles. The Labute approximate surface area is 119 Å². The topological polar surface area (TPSA) is 20.3 Å². The first-order valence-electron chi connectivity index (χ1n) is 6.89. The van der Waals surface area contributed by atoms with Crippen LogP contribution in [0.3, 0.4) is 0 Å². The first kappa shape index (κ1) is 12.7. The lowest BCUT2D eigenvalue weighted by Crippen LogP contribution is -2.31. The second-order valence-corrected chi connectivity index (χ2v) is 5.00. The molecule has 0 amide bonds. The molecule has 0 unspecified atom stereocenters. The van der Waals surface area contributed by atoms with E-state index >= 15 is 0 Å². The highest BCUT2D eigenvalue weighted by Crippen LogP contribution is 2.32. The van der Waals surface area contributed by atoms with Crippen molar-refractivity contribution in [3.63, 3.8) is 0 Å². The van der Waals surface area contributed by atoms with Gasteiger partial charge < -0.3 is 4.90 Å². The molecule has 0 N–H and O–H groups in total. The second kappa shape index (κ2) is 5.33. The number of ketones is 1. The molecule has 0 atom stereocenters. The van der Waals surface area contributed by atoms with Crippen molar-refractivity contribution in [3.8, 4) is 0 Å². The summed E-state index contributed by atoms with van der Waals surface area (Å²) in [5, 5.41) is 0. The standard InChI is InChI=1S/C18H17NO/c1-14-17(20)12-13-19(16-10-6-3-7-11-16)18(14)15-8-4-2-5-9-15/h2-11H,12-13H2,1H3. The van der Waals surface area contributed by atoms with Crippen LogP contribution < -0.4 is 4.90 Å². The number of hydrogen-bond donors (Lipinski definition) is 0. The van der Waals surface area contributed by atoms with Gasteiger partial charge in [-0.1, -0.05) is 48.5 Å². The predicted octanol–water partition coefficient (Wildman–Crippen LogP) is 3.90. The van der Waals surface area contributed by atoms with E-state index in [4.69, 9.17) is 0 Å². The highest BCUT2D eigenvalue weighted by molar-refractivity contribution is 6.06. The summed E-state index contributed by atoms with van der Waals surface area (Å²) < 4.78 is 0. The normalized spacial score (nSPS) is 15.7. The van der Waals surface area contributed by atoms with Crippen LogP contribution in [0.2, 0.25) is 0 Å². The molecular formula is C18H17NO. The molecule has 0 aliphatic carbocycles. The molecule has 1 aliphatic rings. The third kappa shape index (κ3) is 2.25. The molecule has 3 rings (SSSR count). The second-order valence-electron chi connectivity index (χ2n) is 5.00. The van der Waals surface area contributed by atoms with Crippen LogP contribution in [0.15, 0.2) is 66.2 Å². The highest BCUT2D eigenvalue weighted by atomic mass is 16.1. The van der Waals surface area contributed by atoms with Gasteiger partial charge in [-0.15, -0.1) is 0 Å². The molecule has 2 aromatic rings. The van der Waals surface area contributed by atoms with Crippen molar-refractivity contribution in [2.75, 3.05) is 11.4 Å². The molecule has 2 heteroatoms. The van der Waals surface area contributed by atoms with Crippen molar-refractivity contribution in [1.82, 2.24) is 0 Å². The van der Waals surface area contributed by atoms with Crippen LogP contribution in [0.4, 0.5) is 5.69 Å². The van der Waals surface area contributed by atoms with Crippen LogP contribution in [0, 0.1) is 0 Å². The van der Waals surface area contributed by atoms with Gasteiger partial charge in [0.05, 0.1) is 5.70 Å². The fraction of sp³-hybridized carbons (Fsp3) is 0.167. The molecule has 2 aromatic carbocycles. The van der Waals surface area contributed by atoms with E-state index in [0.29, 0.717) is 6.42 Å². The number of hydrogen-bond acceptors (Lipinski definition) is 2. The first-order chi connectivity index (χ1) is 9.77. The van der Waals surface area contributed by atoms with E-state index in [1.165, 1.54) is 0 Å². The van der Waals surface area contributed by atoms with Gasteiger partial charge in [-0.3, -0.25) is 4.79 Å². The van der Waals surface area contributed by atoms with Gasteiger partial charge in [-0.05, 0) is 24.6 Å². The smallest absolute Gasteiger partial charge is 0.162 e. The molecule has 20 heavy (non-hydrogen) atoms. The third-order valence-corrected chi connectivity index (χ3v) is 3.72. The Morgan fingerprint density at radius 2 is 1.50 bits per heavy atom. The zero-order valence-corrected chi connectivity index (χ0v) is 11.5. The number of anilines is 1. The van der Waals surface area contributed by atoms with Gasteiger partial charge in [0.2, 0.25) is 0 Å². The number of carbonyl (C=O) groups excluding carboxylic acids is 1. The molecule has 0 fully saturated rings. The number of carbonyl (C=O) groups is 1. The molecule has 0 spiro atoms. The van der Waals surface area contributed by atoms with E-state index in [1.807, 2.05) is 43.3 Å². The average Bonchev–Trinajstić information content (AvgIpc) is 2.51. The molecule has 1 heterocycles. The van der Waals surface area contributed by atoms with E-state index in [1.54, 1.807) is 0 Å². The van der Waals surface area contributed by atoms with E-state index in [2.05, 4.69) is 29.2 Å². The largest absolute Gasteiger partial charge is 0.340 e. The Kier molecular flexibility index (Phi) is 3.38. The van der Waals surface area contributed by atoms with E-state index in [9.17, 15) is 4.79 Å². The van der Waals surface area contributed by atoms with Crippen LogP contribution >= 0.6 is 0 Å². The molecule has 2 nitrogen and oxygen atoms in total. The number of Topliss-reactive ketones (excluding diaryl/α,β-unsaturated/α-hetero) is 1. The van der Waals surface area contributed by atoms with Crippen LogP contribution in [0.25, 0.3) is 5.70 Å². The van der Waals surface area contributed by atoms with Crippen molar-refractivity contribution in [3.05, 3.63) is 71.8 Å². The molecule has 0 saturated heterocycles. The molecule has 0 aromatic heterocycles. The van der Waals surface area contributed by atoms with Gasteiger partial charge in [0.1, 0.15) is 0 Å². The Bertz CT molecular complexity index is 644. The third-order valence-electron chi connectivity index (χ3n) is 3.72. The number of rotatable bonds is 2. The molecule has 0 radical (unpaired) electrons. The van der Waals surface area contributed by atoms with Crippen LogP contribution in [0.1, 0.15) is 18.9 Å². The maximum Gasteiger partial charge on any atom is 0.162 e. The minimum atomic E-state index is 0.246. The summed E-state index contributed by atoms with van der Waals surface area (Å²) >= 11 is 0. The summed E-state index contributed by atoms with van der Waals surface area (Å²) in [7, 11) is 0. The van der Waals surface area contributed by atoms with Crippen LogP contribution in [-0.4, -0.2) is 12.3 Å². The van der Waals surface area contributed by atoms with Gasteiger partial charge in [0, 0.05) is 24.2 Å². The summed E-state index contributed by atoms with van der Waals surface area (Å²) in [6.07, 6.45) is 0.580. The number of allylic oxidation sites excluding steroid dienone is 1. The van der Waals surface area contributed by atoms with Crippen LogP contribution in [0.5, 0.6) is 0 Å². The number of nitrogens with zero attached hydrogens (tertiary/aromatic N) is 1. The van der Waals surface area contributed by atoms with Crippen molar-refractivity contribution in [2.45, 2.75) is 13.3 Å². The fourth-order valence-corrected chi connectivity index (χ4v) is 2.68. The molecular weight excluding hydrogens is 246 g/mol. The maximum atomic E-state index is 12.1. The zero-order chi connectivity index (χ0) is 13.9. The Balaban J connectivity index is 2.13. The van der Waals surface area contributed by atoms with Crippen LogP contribution in [-0.2, 0) is 4.79 Å². The Morgan fingerprint density at radius 1 is 0.900 bits per heavy atom. The van der Waals surface area contributed by atoms with Gasteiger partial charge in [-0.2, -0.15) is 0 Å². The minimum absolute atomic E-state index is 0.246. The molecule has 1 aliphatic heterocycles. The van der Waals surface area contributed by atoms with Gasteiger partial charge in [-0.25, -0.2) is 0 Å². The Hall–Kier alpha value is -2.35. The molecule has 100 valence electrons. The van der Waals surface area contributed by atoms with Gasteiger partial charge >= 0.3 is 0 Å². The summed E-state index contributed by atoms with van der Waals surface area (Å²) in [6, 6.07) is 20.4. The first-order valence-corrected chi connectivity index (χ1v) is 6.89. The molecule has 0 bridgehead atoms. The summed E-state index contributed by atoms with van der Waals surface area (Å²) in [5.41, 5.74) is 4.12. The monoisotopic (exact) mass is 263 g/mol. The van der Waals surface area contributed by atoms with Gasteiger partial charge in [0.15, 0.2) is 5.78 Å². The van der Waals surface area contributed by atoms with Crippen molar-refractivity contribution < 1.29 is 4.79 Å². The number of para-hydroxylation sites is 1. The highest BCUT2D eigenvalue weighted by Gasteiger charge is 2.25. The lowest BCUT2D eigenvalue weighted by Gasteiger charge is -2.32. The average molecular weight is 263 g/mol. The fourth-order valence-electron chi connectivity index (χ4n) is 2.68. The summed E-state index contributed by atoms with van der Waals surface area (Å²) in [5.74, 6) is 0.246. The van der Waals surface area contributed by atoms with Crippen molar-refractivity contribution >= 4 is 17.2 Å². The van der Waals surface area contributed by atoms with E-state index < -0.39 is 0 Å². The lowest BCUT2D eigenvalue weighted by atomic mass is 9.96. The SMILES string of the molecule is CC1=C(c2ccccc2)N(c2ccccc2)CCC1=O.